The van der Waals surface area contributed by atoms with Crippen LogP contribution >= 0.6 is 0 Å². The van der Waals surface area contributed by atoms with E-state index < -0.39 is 0 Å². The lowest BCUT2D eigenvalue weighted by Gasteiger charge is -2.22. The number of rotatable bonds is 5. The van der Waals surface area contributed by atoms with Gasteiger partial charge < -0.3 is 16.8 Å². The van der Waals surface area contributed by atoms with Gasteiger partial charge in [0.15, 0.2) is 0 Å². The van der Waals surface area contributed by atoms with Crippen LogP contribution in [-0.4, -0.2) is 29.3 Å². The van der Waals surface area contributed by atoms with Crippen molar-refractivity contribution in [2.45, 2.75) is 25.4 Å². The molecular formula is C19H22N4O2. The molecule has 1 aliphatic rings. The Morgan fingerprint density at radius 2 is 1.96 bits per heavy atom. The van der Waals surface area contributed by atoms with Crippen LogP contribution in [0.2, 0.25) is 0 Å². The molecule has 1 unspecified atom stereocenters. The molecule has 0 aromatic heterocycles. The summed E-state index contributed by atoms with van der Waals surface area (Å²) in [4.78, 5) is 26.0. The zero-order valence-corrected chi connectivity index (χ0v) is 13.9. The van der Waals surface area contributed by atoms with Crippen molar-refractivity contribution in [1.82, 2.24) is 4.90 Å². The average Bonchev–Trinajstić information content (AvgIpc) is 3.04. The first-order chi connectivity index (χ1) is 12.0. The van der Waals surface area contributed by atoms with Gasteiger partial charge in [-0.3, -0.25) is 14.5 Å². The number of nitrogen functional groups attached to an aromatic ring is 1. The van der Waals surface area contributed by atoms with E-state index in [0.717, 1.165) is 24.9 Å². The van der Waals surface area contributed by atoms with Crippen molar-refractivity contribution in [1.29, 1.82) is 0 Å². The van der Waals surface area contributed by atoms with Crippen LogP contribution in [0.5, 0.6) is 0 Å². The number of para-hydroxylation sites is 1. The predicted molar refractivity (Wildman–Crippen MR) is 97.9 cm³/mol. The molecule has 5 N–H and O–H groups in total. The first-order valence-corrected chi connectivity index (χ1v) is 8.33. The third-order valence-electron chi connectivity index (χ3n) is 4.47. The molecule has 2 aromatic rings. The molecule has 6 nitrogen and oxygen atoms in total. The van der Waals surface area contributed by atoms with E-state index in [2.05, 4.69) is 10.2 Å². The number of nitrogens with two attached hydrogens (primary N) is 2. The number of likely N-dealkylation sites (tertiary alicyclic amines) is 1. The summed E-state index contributed by atoms with van der Waals surface area (Å²) < 4.78 is 0. The zero-order valence-electron chi connectivity index (χ0n) is 13.9. The van der Waals surface area contributed by atoms with Crippen molar-refractivity contribution in [3.63, 3.8) is 0 Å². The molecule has 130 valence electrons. The van der Waals surface area contributed by atoms with Gasteiger partial charge in [0, 0.05) is 17.9 Å². The summed E-state index contributed by atoms with van der Waals surface area (Å²) in [6.07, 6.45) is 1.77. The van der Waals surface area contributed by atoms with Crippen molar-refractivity contribution in [2.75, 3.05) is 17.6 Å². The van der Waals surface area contributed by atoms with Crippen molar-refractivity contribution < 1.29 is 9.59 Å². The van der Waals surface area contributed by atoms with Crippen LogP contribution in [0.3, 0.4) is 0 Å². The zero-order chi connectivity index (χ0) is 17.8. The minimum atomic E-state index is -0.276. The molecule has 2 amide bonds. The van der Waals surface area contributed by atoms with Crippen molar-refractivity contribution >= 4 is 23.2 Å². The summed E-state index contributed by atoms with van der Waals surface area (Å²) in [6, 6.07) is 14.3. The van der Waals surface area contributed by atoms with E-state index in [4.69, 9.17) is 11.5 Å². The van der Waals surface area contributed by atoms with Gasteiger partial charge in [0.05, 0.1) is 11.6 Å². The van der Waals surface area contributed by atoms with Crippen molar-refractivity contribution in [3.05, 3.63) is 59.7 Å². The number of nitrogens with one attached hydrogen (secondary N) is 1. The Morgan fingerprint density at radius 3 is 2.72 bits per heavy atom. The fourth-order valence-corrected chi connectivity index (χ4v) is 3.22. The molecule has 25 heavy (non-hydrogen) atoms. The third kappa shape index (κ3) is 3.97. The number of primary amides is 1. The highest BCUT2D eigenvalue weighted by molar-refractivity contribution is 6.07. The normalized spacial score (nSPS) is 17.4. The molecule has 0 radical (unpaired) electrons. The molecule has 3 rings (SSSR count). The van der Waals surface area contributed by atoms with Gasteiger partial charge in [-0.25, -0.2) is 0 Å². The molecule has 1 saturated heterocycles. The number of nitrogens with zero attached hydrogens (tertiary/aromatic N) is 1. The quantitative estimate of drug-likeness (QED) is 0.725. The predicted octanol–water partition coefficient (Wildman–Crippen LogP) is 1.97. The van der Waals surface area contributed by atoms with Crippen LogP contribution < -0.4 is 16.8 Å². The second kappa shape index (κ2) is 7.36. The fourth-order valence-electron chi connectivity index (χ4n) is 3.22. The van der Waals surface area contributed by atoms with Gasteiger partial charge in [-0.2, -0.15) is 0 Å². The maximum Gasteiger partial charge on any atom is 0.257 e. The Kier molecular flexibility index (Phi) is 5.00. The topological polar surface area (TPSA) is 101 Å². The maximum absolute atomic E-state index is 12.4. The Hall–Kier alpha value is -2.86. The van der Waals surface area contributed by atoms with Crippen molar-refractivity contribution in [2.24, 2.45) is 5.73 Å². The van der Waals surface area contributed by atoms with Gasteiger partial charge in [-0.05, 0) is 49.2 Å². The smallest absolute Gasteiger partial charge is 0.257 e. The summed E-state index contributed by atoms with van der Waals surface area (Å²) in [6.45, 7) is 1.48. The average molecular weight is 338 g/mol. The molecule has 0 saturated carbocycles. The number of amides is 2. The largest absolute Gasteiger partial charge is 0.398 e. The van der Waals surface area contributed by atoms with Crippen LogP contribution in [0.4, 0.5) is 11.4 Å². The summed E-state index contributed by atoms with van der Waals surface area (Å²) in [5.74, 6) is -0.520. The molecule has 0 aliphatic carbocycles. The molecule has 1 atom stereocenters. The SMILES string of the molecule is NC(=O)C1CCCN1Cc1cccc(NC(=O)c2ccccc2N)c1. The standard InChI is InChI=1S/C19H22N4O2/c20-16-8-2-1-7-15(16)19(25)22-14-6-3-5-13(11-14)12-23-10-4-9-17(23)18(21)24/h1-3,5-8,11,17H,4,9-10,12,20H2,(H2,21,24)(H,22,25). The second-order valence-electron chi connectivity index (χ2n) is 6.27. The monoisotopic (exact) mass is 338 g/mol. The summed E-state index contributed by atoms with van der Waals surface area (Å²) in [5, 5.41) is 2.87. The van der Waals surface area contributed by atoms with Gasteiger partial charge in [-0.1, -0.05) is 24.3 Å². The molecular weight excluding hydrogens is 316 g/mol. The van der Waals surface area contributed by atoms with Gasteiger partial charge in [0.1, 0.15) is 0 Å². The second-order valence-corrected chi connectivity index (χ2v) is 6.27. The minimum absolute atomic E-state index is 0.206. The molecule has 1 aliphatic heterocycles. The first kappa shape index (κ1) is 17.0. The number of anilines is 2. The summed E-state index contributed by atoms with van der Waals surface area (Å²) >= 11 is 0. The van der Waals surface area contributed by atoms with E-state index in [-0.39, 0.29) is 17.9 Å². The Morgan fingerprint density at radius 1 is 1.16 bits per heavy atom. The highest BCUT2D eigenvalue weighted by Crippen LogP contribution is 2.22. The van der Waals surface area contributed by atoms with E-state index in [1.165, 1.54) is 0 Å². The van der Waals surface area contributed by atoms with Crippen molar-refractivity contribution in [3.8, 4) is 0 Å². The first-order valence-electron chi connectivity index (χ1n) is 8.33. The third-order valence-corrected chi connectivity index (χ3v) is 4.47. The van der Waals surface area contributed by atoms with Crippen LogP contribution in [-0.2, 0) is 11.3 Å². The van der Waals surface area contributed by atoms with E-state index in [1.807, 2.05) is 24.3 Å². The summed E-state index contributed by atoms with van der Waals surface area (Å²) in [7, 11) is 0. The van der Waals surface area contributed by atoms with Gasteiger partial charge in [0.25, 0.3) is 5.91 Å². The Bertz CT molecular complexity index is 790. The summed E-state index contributed by atoms with van der Waals surface area (Å²) in [5.41, 5.74) is 13.9. The van der Waals surface area contributed by atoms with Gasteiger partial charge in [-0.15, -0.1) is 0 Å². The number of benzene rings is 2. The molecule has 0 spiro atoms. The van der Waals surface area contributed by atoms with E-state index in [9.17, 15) is 9.59 Å². The molecule has 2 aromatic carbocycles. The van der Waals surface area contributed by atoms with E-state index >= 15 is 0 Å². The van der Waals surface area contributed by atoms with Gasteiger partial charge >= 0.3 is 0 Å². The highest BCUT2D eigenvalue weighted by Gasteiger charge is 2.28. The molecule has 1 heterocycles. The molecule has 0 bridgehead atoms. The maximum atomic E-state index is 12.4. The number of carbonyl (C=O) groups is 2. The lowest BCUT2D eigenvalue weighted by atomic mass is 10.1. The highest BCUT2D eigenvalue weighted by atomic mass is 16.2. The van der Waals surface area contributed by atoms with Crippen LogP contribution in [0.15, 0.2) is 48.5 Å². The Labute approximate surface area is 146 Å². The number of carbonyl (C=O) groups excluding carboxylic acids is 2. The van der Waals surface area contributed by atoms with Gasteiger partial charge in [0.2, 0.25) is 5.91 Å². The lowest BCUT2D eigenvalue weighted by Crippen LogP contribution is -2.39. The van der Waals surface area contributed by atoms with Crippen LogP contribution in [0.25, 0.3) is 0 Å². The lowest BCUT2D eigenvalue weighted by molar-refractivity contribution is -0.122. The number of hydrogen-bond acceptors (Lipinski definition) is 4. The van der Waals surface area contributed by atoms with E-state index in [0.29, 0.717) is 23.5 Å². The molecule has 1 fully saturated rings. The van der Waals surface area contributed by atoms with Crippen LogP contribution in [0.1, 0.15) is 28.8 Å². The van der Waals surface area contributed by atoms with E-state index in [1.54, 1.807) is 24.3 Å². The minimum Gasteiger partial charge on any atom is -0.398 e. The fraction of sp³-hybridized carbons (Fsp3) is 0.263. The number of hydrogen-bond donors (Lipinski definition) is 3. The molecule has 6 heteroatoms. The Balaban J connectivity index is 1.70. The van der Waals surface area contributed by atoms with Crippen LogP contribution in [0, 0.1) is 0 Å².